The summed E-state index contributed by atoms with van der Waals surface area (Å²) >= 11 is 0. The van der Waals surface area contributed by atoms with Crippen LogP contribution < -0.4 is 14.2 Å². The topological polar surface area (TPSA) is 101 Å². The monoisotopic (exact) mass is 388 g/mol. The number of hydrogen-bond acceptors (Lipinski definition) is 7. The maximum atomic E-state index is 10.8. The van der Waals surface area contributed by atoms with Crippen molar-refractivity contribution in [2.45, 2.75) is 12.2 Å². The van der Waals surface area contributed by atoms with E-state index in [-0.39, 0.29) is 24.2 Å². The molecule has 0 radical (unpaired) electrons. The molecule has 2 aromatic carbocycles. The number of ether oxygens (including phenoxy) is 4. The number of rotatable bonds is 8. The summed E-state index contributed by atoms with van der Waals surface area (Å²) in [4.78, 5) is 0. The summed E-state index contributed by atoms with van der Waals surface area (Å²) in [5.41, 5.74) is 2.14. The Labute approximate surface area is 163 Å². The molecule has 3 N–H and O–H groups in total. The van der Waals surface area contributed by atoms with Gasteiger partial charge in [0.2, 0.25) is 0 Å². The molecule has 28 heavy (non-hydrogen) atoms. The van der Waals surface area contributed by atoms with Gasteiger partial charge in [0.05, 0.1) is 40.1 Å². The third-order valence-corrected chi connectivity index (χ3v) is 4.61. The van der Waals surface area contributed by atoms with Crippen LogP contribution in [0.3, 0.4) is 0 Å². The zero-order chi connectivity index (χ0) is 20.3. The molecule has 7 heteroatoms. The van der Waals surface area contributed by atoms with E-state index in [4.69, 9.17) is 24.1 Å². The molecule has 0 saturated carbocycles. The molecule has 150 valence electrons. The lowest BCUT2D eigenvalue weighted by Crippen LogP contribution is -2.08. The summed E-state index contributed by atoms with van der Waals surface area (Å²) < 4.78 is 21.6. The molecule has 2 aromatic rings. The van der Waals surface area contributed by atoms with Crippen molar-refractivity contribution in [3.8, 4) is 34.1 Å². The molecule has 1 fully saturated rings. The lowest BCUT2D eigenvalue weighted by atomic mass is 9.94. The van der Waals surface area contributed by atoms with E-state index in [0.29, 0.717) is 40.4 Å². The van der Waals surface area contributed by atoms with Gasteiger partial charge in [0, 0.05) is 11.1 Å². The molecular weight excluding hydrogens is 364 g/mol. The second-order valence-electron chi connectivity index (χ2n) is 6.29. The number of hydrogen-bond donors (Lipinski definition) is 3. The van der Waals surface area contributed by atoms with Crippen molar-refractivity contribution in [1.82, 2.24) is 0 Å². The summed E-state index contributed by atoms with van der Waals surface area (Å²) in [7, 11) is 4.46. The second-order valence-corrected chi connectivity index (χ2v) is 6.29. The molecular formula is C21H24O7. The molecule has 3 rings (SSSR count). The molecule has 0 amide bonds. The minimum atomic E-state index is -0.860. The van der Waals surface area contributed by atoms with Gasteiger partial charge < -0.3 is 34.3 Å². The number of aliphatic hydroxyl groups excluding tert-OH is 2. The van der Waals surface area contributed by atoms with Crippen molar-refractivity contribution in [3.63, 3.8) is 0 Å². The summed E-state index contributed by atoms with van der Waals surface area (Å²) in [5.74, 6) is 1.01. The Morgan fingerprint density at radius 3 is 2.43 bits per heavy atom. The van der Waals surface area contributed by atoms with Crippen molar-refractivity contribution in [1.29, 1.82) is 0 Å². The predicted octanol–water partition coefficient (Wildman–Crippen LogP) is 2.52. The van der Waals surface area contributed by atoms with Crippen molar-refractivity contribution in [2.75, 3.05) is 34.5 Å². The summed E-state index contributed by atoms with van der Waals surface area (Å²) in [6.07, 6.45) is 2.15. The van der Waals surface area contributed by atoms with E-state index in [0.717, 1.165) is 0 Å². The first kappa shape index (κ1) is 20.0. The van der Waals surface area contributed by atoms with Crippen molar-refractivity contribution in [2.24, 2.45) is 0 Å². The van der Waals surface area contributed by atoms with E-state index in [1.807, 2.05) is 0 Å². The lowest BCUT2D eigenvalue weighted by molar-refractivity contribution is 0.133. The van der Waals surface area contributed by atoms with Crippen LogP contribution in [-0.2, 0) is 4.74 Å². The van der Waals surface area contributed by atoms with Gasteiger partial charge in [-0.05, 0) is 29.8 Å². The molecule has 7 nitrogen and oxygen atoms in total. The van der Waals surface area contributed by atoms with E-state index >= 15 is 0 Å². The van der Waals surface area contributed by atoms with Crippen LogP contribution in [0.15, 0.2) is 30.3 Å². The van der Waals surface area contributed by atoms with E-state index < -0.39 is 6.10 Å². The number of phenolic OH excluding ortho intramolecular Hbond substituents is 1. The largest absolute Gasteiger partial charge is 0.504 e. The Kier molecular flexibility index (Phi) is 6.08. The standard InChI is InChI=1S/C21H24O7/c1-25-15-7-6-13(19(23)17-11-28-17)21(27-3)18(15)14-9-12(5-4-8-22)10-16(26-2)20(14)24/h4-7,9-10,17,19,22-24H,8,11H2,1-3H3/b5-4+. The maximum Gasteiger partial charge on any atom is 0.165 e. The molecule has 2 unspecified atom stereocenters. The van der Waals surface area contributed by atoms with Gasteiger partial charge in [0.25, 0.3) is 0 Å². The SMILES string of the molecule is COc1cc(/C=C/CO)cc(-c2c(OC)ccc(C(O)C3CO3)c2OC)c1O. The molecule has 2 atom stereocenters. The number of epoxide rings is 1. The highest BCUT2D eigenvalue weighted by molar-refractivity contribution is 5.85. The summed E-state index contributed by atoms with van der Waals surface area (Å²) in [6.45, 7) is 0.362. The Hall–Kier alpha value is -2.74. The molecule has 0 spiro atoms. The molecule has 1 heterocycles. The van der Waals surface area contributed by atoms with Gasteiger partial charge in [-0.3, -0.25) is 0 Å². The Bertz CT molecular complexity index is 872. The maximum absolute atomic E-state index is 10.8. The molecule has 0 aliphatic carbocycles. The van der Waals surface area contributed by atoms with Crippen LogP contribution in [0.1, 0.15) is 17.2 Å². The van der Waals surface area contributed by atoms with E-state index in [9.17, 15) is 10.2 Å². The first-order chi connectivity index (χ1) is 13.5. The average Bonchev–Trinajstić information content (AvgIpc) is 3.56. The van der Waals surface area contributed by atoms with Gasteiger partial charge in [-0.15, -0.1) is 0 Å². The average molecular weight is 388 g/mol. The van der Waals surface area contributed by atoms with Crippen molar-refractivity contribution < 1.29 is 34.3 Å². The van der Waals surface area contributed by atoms with Crippen molar-refractivity contribution in [3.05, 3.63) is 41.5 Å². The molecule has 1 saturated heterocycles. The second kappa shape index (κ2) is 8.52. The van der Waals surface area contributed by atoms with Gasteiger partial charge in [-0.2, -0.15) is 0 Å². The fourth-order valence-electron chi connectivity index (χ4n) is 3.16. The van der Waals surface area contributed by atoms with Crippen LogP contribution in [0.4, 0.5) is 0 Å². The quantitative estimate of drug-likeness (QED) is 0.598. The van der Waals surface area contributed by atoms with Gasteiger partial charge in [-0.25, -0.2) is 0 Å². The zero-order valence-corrected chi connectivity index (χ0v) is 16.0. The van der Waals surface area contributed by atoms with Crippen molar-refractivity contribution >= 4 is 6.08 Å². The van der Waals surface area contributed by atoms with E-state index in [1.54, 1.807) is 36.4 Å². The van der Waals surface area contributed by atoms with Crippen LogP contribution in [0.2, 0.25) is 0 Å². The summed E-state index contributed by atoms with van der Waals surface area (Å²) in [5, 5.41) is 30.4. The van der Waals surface area contributed by atoms with Gasteiger partial charge in [0.1, 0.15) is 23.7 Å². The minimum absolute atomic E-state index is 0.0884. The van der Waals surface area contributed by atoms with E-state index in [2.05, 4.69) is 0 Å². The first-order valence-corrected chi connectivity index (χ1v) is 8.79. The molecule has 1 aliphatic rings. The Morgan fingerprint density at radius 2 is 1.86 bits per heavy atom. The van der Waals surface area contributed by atoms with Crippen LogP contribution in [0.5, 0.6) is 23.0 Å². The van der Waals surface area contributed by atoms with E-state index in [1.165, 1.54) is 21.3 Å². The first-order valence-electron chi connectivity index (χ1n) is 8.79. The fraction of sp³-hybridized carbons (Fsp3) is 0.333. The van der Waals surface area contributed by atoms with Crippen LogP contribution in [-0.4, -0.2) is 56.0 Å². The predicted molar refractivity (Wildman–Crippen MR) is 104 cm³/mol. The number of aromatic hydroxyl groups is 1. The Morgan fingerprint density at radius 1 is 1.14 bits per heavy atom. The van der Waals surface area contributed by atoms with Crippen LogP contribution >= 0.6 is 0 Å². The molecule has 1 aliphatic heterocycles. The Balaban J connectivity index is 2.26. The van der Waals surface area contributed by atoms with Crippen LogP contribution in [0, 0.1) is 0 Å². The third kappa shape index (κ3) is 3.77. The highest BCUT2D eigenvalue weighted by atomic mass is 16.6. The molecule has 0 bridgehead atoms. The highest BCUT2D eigenvalue weighted by Gasteiger charge is 2.35. The number of aliphatic hydroxyl groups is 2. The lowest BCUT2D eigenvalue weighted by Gasteiger charge is -2.21. The van der Waals surface area contributed by atoms with Gasteiger partial charge in [-0.1, -0.05) is 12.2 Å². The zero-order valence-electron chi connectivity index (χ0n) is 16.0. The third-order valence-electron chi connectivity index (χ3n) is 4.61. The van der Waals surface area contributed by atoms with Gasteiger partial charge >= 0.3 is 0 Å². The minimum Gasteiger partial charge on any atom is -0.504 e. The highest BCUT2D eigenvalue weighted by Crippen LogP contribution is 2.49. The van der Waals surface area contributed by atoms with Crippen LogP contribution in [0.25, 0.3) is 17.2 Å². The number of methoxy groups -OCH3 is 3. The normalized spacial score (nSPS) is 16.8. The number of benzene rings is 2. The fourth-order valence-corrected chi connectivity index (χ4v) is 3.16. The summed E-state index contributed by atoms with van der Waals surface area (Å²) in [6, 6.07) is 6.81. The number of phenols is 1. The molecule has 0 aromatic heterocycles. The van der Waals surface area contributed by atoms with Gasteiger partial charge in [0.15, 0.2) is 11.5 Å². The smallest absolute Gasteiger partial charge is 0.165 e.